The van der Waals surface area contributed by atoms with Gasteiger partial charge in [-0.1, -0.05) is 42.5 Å². The van der Waals surface area contributed by atoms with Gasteiger partial charge in [-0.3, -0.25) is 9.52 Å². The number of aryl methyl sites for hydroxylation is 1. The number of carbonyl (C=O) groups excluding carboxylic acids is 2. The van der Waals surface area contributed by atoms with Crippen LogP contribution in [0.15, 0.2) is 72.8 Å². The molecule has 230 valence electrons. The number of benzene rings is 3. The van der Waals surface area contributed by atoms with E-state index in [1.807, 2.05) is 36.4 Å². The molecule has 0 aliphatic carbocycles. The summed E-state index contributed by atoms with van der Waals surface area (Å²) in [5.74, 6) is -1.21. The molecular formula is C31H38N4O7S. The minimum atomic E-state index is -3.58. The van der Waals surface area contributed by atoms with E-state index in [0.29, 0.717) is 17.5 Å². The first-order valence-corrected chi connectivity index (χ1v) is 16.1. The summed E-state index contributed by atoms with van der Waals surface area (Å²) in [5.41, 5.74) is 5.15. The molecule has 0 spiro atoms. The molecule has 1 atom stereocenters. The number of hydroxylamine groups is 1. The second-order valence-corrected chi connectivity index (χ2v) is 12.4. The van der Waals surface area contributed by atoms with Crippen LogP contribution in [0.4, 0.5) is 11.4 Å². The van der Waals surface area contributed by atoms with E-state index in [-0.39, 0.29) is 30.4 Å². The van der Waals surface area contributed by atoms with Crippen molar-refractivity contribution in [2.24, 2.45) is 0 Å². The van der Waals surface area contributed by atoms with Gasteiger partial charge in [0.25, 0.3) is 5.91 Å². The summed E-state index contributed by atoms with van der Waals surface area (Å²) in [5, 5.41) is 23.9. The molecule has 0 unspecified atom stereocenters. The van der Waals surface area contributed by atoms with Gasteiger partial charge in [0.2, 0.25) is 10.0 Å². The van der Waals surface area contributed by atoms with E-state index in [2.05, 4.69) is 20.4 Å². The molecule has 1 heterocycles. The number of aromatic hydroxyl groups is 1. The summed E-state index contributed by atoms with van der Waals surface area (Å²) in [6, 6.07) is 21.5. The molecule has 1 aliphatic rings. The van der Waals surface area contributed by atoms with Crippen molar-refractivity contribution < 1.29 is 33.1 Å². The van der Waals surface area contributed by atoms with Gasteiger partial charge in [-0.25, -0.2) is 13.2 Å². The number of phenolic OH excluding ortho intramolecular Hbond substituents is 1. The number of amides is 1. The van der Waals surface area contributed by atoms with E-state index in [1.165, 1.54) is 12.1 Å². The Morgan fingerprint density at radius 2 is 1.77 bits per heavy atom. The van der Waals surface area contributed by atoms with Gasteiger partial charge in [-0.05, 0) is 67.1 Å². The Labute approximate surface area is 251 Å². The van der Waals surface area contributed by atoms with Crippen LogP contribution in [0.3, 0.4) is 0 Å². The molecule has 1 saturated heterocycles. The molecule has 3 aromatic rings. The third kappa shape index (κ3) is 9.98. The maximum atomic E-state index is 12.6. The smallest absolute Gasteiger partial charge is 0.332 e. The van der Waals surface area contributed by atoms with Gasteiger partial charge in [0.05, 0.1) is 18.0 Å². The average Bonchev–Trinajstić information content (AvgIpc) is 3.00. The van der Waals surface area contributed by atoms with Crippen molar-refractivity contribution in [2.75, 3.05) is 35.5 Å². The highest BCUT2D eigenvalue weighted by Gasteiger charge is 2.22. The second kappa shape index (κ2) is 14.9. The standard InChI is InChI=1S/C31H38N4O7S/c1-43(40,41)34-27-20-23(13-14-28(27)36)29(37)21-32-25-15-17-35(18-16-25)26-11-6-10-24(19-26)31(39)33-42-30(38)12-5-9-22-7-3-2-4-8-22/h2-4,6-8,10-11,13-14,19-20,25,29,32,34,36-37H,5,9,12,15-18,21H2,1H3,(H,33,39)/t29-/m0/s1. The highest BCUT2D eigenvalue weighted by molar-refractivity contribution is 7.92. The van der Waals surface area contributed by atoms with Gasteiger partial charge >= 0.3 is 5.97 Å². The van der Waals surface area contributed by atoms with Crippen LogP contribution in [0.1, 0.15) is 53.3 Å². The number of hydrogen-bond acceptors (Lipinski definition) is 9. The Morgan fingerprint density at radius 1 is 1.02 bits per heavy atom. The van der Waals surface area contributed by atoms with Crippen molar-refractivity contribution in [1.82, 2.24) is 10.8 Å². The fourth-order valence-electron chi connectivity index (χ4n) is 4.92. The lowest BCUT2D eigenvalue weighted by atomic mass is 10.0. The summed E-state index contributed by atoms with van der Waals surface area (Å²) in [6.45, 7) is 1.72. The fraction of sp³-hybridized carbons (Fsp3) is 0.355. The zero-order valence-corrected chi connectivity index (χ0v) is 24.8. The minimum Gasteiger partial charge on any atom is -0.506 e. The van der Waals surface area contributed by atoms with Crippen molar-refractivity contribution in [3.8, 4) is 5.75 Å². The quantitative estimate of drug-likeness (QED) is 0.153. The van der Waals surface area contributed by atoms with Crippen LogP contribution >= 0.6 is 0 Å². The van der Waals surface area contributed by atoms with E-state index in [0.717, 1.165) is 49.9 Å². The summed E-state index contributed by atoms with van der Waals surface area (Å²) in [4.78, 5) is 31.8. The lowest BCUT2D eigenvalue weighted by molar-refractivity contribution is -0.149. The molecule has 43 heavy (non-hydrogen) atoms. The van der Waals surface area contributed by atoms with Gasteiger partial charge in [0, 0.05) is 43.3 Å². The van der Waals surface area contributed by atoms with Crippen LogP contribution in [0, 0.1) is 0 Å². The van der Waals surface area contributed by atoms with Crippen LogP contribution in [-0.2, 0) is 26.1 Å². The van der Waals surface area contributed by atoms with Crippen LogP contribution in [0.2, 0.25) is 0 Å². The summed E-state index contributed by atoms with van der Waals surface area (Å²) in [7, 11) is -3.58. The number of nitrogens with zero attached hydrogens (tertiary/aromatic N) is 1. The molecule has 11 nitrogen and oxygen atoms in total. The molecule has 12 heteroatoms. The Balaban J connectivity index is 1.20. The molecule has 3 aromatic carbocycles. The monoisotopic (exact) mass is 610 g/mol. The zero-order chi connectivity index (χ0) is 30.8. The summed E-state index contributed by atoms with van der Waals surface area (Å²) >= 11 is 0. The van der Waals surface area contributed by atoms with E-state index >= 15 is 0 Å². The third-order valence-electron chi connectivity index (χ3n) is 7.22. The van der Waals surface area contributed by atoms with Crippen molar-refractivity contribution in [1.29, 1.82) is 0 Å². The third-order valence-corrected chi connectivity index (χ3v) is 7.81. The molecule has 5 N–H and O–H groups in total. The number of aliphatic hydroxyl groups excluding tert-OH is 1. The molecule has 1 amide bonds. The fourth-order valence-corrected chi connectivity index (χ4v) is 5.48. The van der Waals surface area contributed by atoms with Crippen LogP contribution in [0.25, 0.3) is 0 Å². The molecule has 1 aliphatic heterocycles. The van der Waals surface area contributed by atoms with Gasteiger partial charge in [-0.2, -0.15) is 5.48 Å². The number of phenols is 1. The van der Waals surface area contributed by atoms with Crippen LogP contribution in [0.5, 0.6) is 5.75 Å². The van der Waals surface area contributed by atoms with E-state index in [4.69, 9.17) is 4.84 Å². The molecule has 0 bridgehead atoms. The van der Waals surface area contributed by atoms with Gasteiger partial charge in [0.1, 0.15) is 5.75 Å². The second-order valence-electron chi connectivity index (χ2n) is 10.6. The number of carbonyl (C=O) groups is 2. The van der Waals surface area contributed by atoms with Crippen molar-refractivity contribution in [2.45, 2.75) is 44.2 Å². The zero-order valence-electron chi connectivity index (χ0n) is 24.0. The number of anilines is 2. The highest BCUT2D eigenvalue weighted by atomic mass is 32.2. The van der Waals surface area contributed by atoms with Crippen molar-refractivity contribution in [3.63, 3.8) is 0 Å². The van der Waals surface area contributed by atoms with Crippen LogP contribution < -0.4 is 20.4 Å². The normalized spacial score (nSPS) is 14.6. The Hall–Kier alpha value is -4.13. The average molecular weight is 611 g/mol. The lowest BCUT2D eigenvalue weighted by Gasteiger charge is -2.34. The Bertz CT molecular complexity index is 1490. The predicted molar refractivity (Wildman–Crippen MR) is 164 cm³/mol. The van der Waals surface area contributed by atoms with Crippen LogP contribution in [-0.4, -0.2) is 62.4 Å². The largest absolute Gasteiger partial charge is 0.506 e. The van der Waals surface area contributed by atoms with Gasteiger partial charge in [0.15, 0.2) is 0 Å². The van der Waals surface area contributed by atoms with E-state index in [9.17, 15) is 28.2 Å². The van der Waals surface area contributed by atoms with Crippen molar-refractivity contribution >= 4 is 33.3 Å². The maximum Gasteiger partial charge on any atom is 0.332 e. The topological polar surface area (TPSA) is 157 Å². The van der Waals surface area contributed by atoms with E-state index < -0.39 is 28.0 Å². The molecule has 0 saturated carbocycles. The minimum absolute atomic E-state index is 0.0141. The SMILES string of the molecule is CS(=O)(=O)Nc1cc([C@@H](O)CNC2CCN(c3cccc(C(=O)NOC(=O)CCCc4ccccc4)c3)CC2)ccc1O. The summed E-state index contributed by atoms with van der Waals surface area (Å²) < 4.78 is 25.3. The number of piperidine rings is 1. The molecule has 4 rings (SSSR count). The number of sulfonamides is 1. The molecule has 1 fully saturated rings. The summed E-state index contributed by atoms with van der Waals surface area (Å²) in [6.07, 6.45) is 3.28. The first kappa shape index (κ1) is 31.8. The Kier molecular flexibility index (Phi) is 11.0. The molecule has 0 radical (unpaired) electrons. The predicted octanol–water partition coefficient (Wildman–Crippen LogP) is 3.27. The number of hydrogen-bond donors (Lipinski definition) is 5. The van der Waals surface area contributed by atoms with Crippen molar-refractivity contribution in [3.05, 3.63) is 89.5 Å². The Morgan fingerprint density at radius 3 is 2.49 bits per heavy atom. The maximum absolute atomic E-state index is 12.6. The molecule has 0 aromatic heterocycles. The lowest BCUT2D eigenvalue weighted by Crippen LogP contribution is -2.43. The number of rotatable bonds is 12. The van der Waals surface area contributed by atoms with Gasteiger partial charge < -0.3 is 25.3 Å². The highest BCUT2D eigenvalue weighted by Crippen LogP contribution is 2.28. The molecular weight excluding hydrogens is 572 g/mol. The van der Waals surface area contributed by atoms with Gasteiger partial charge in [-0.15, -0.1) is 0 Å². The number of nitrogens with one attached hydrogen (secondary N) is 3. The number of aliphatic hydroxyl groups is 1. The first-order valence-electron chi connectivity index (χ1n) is 14.2. The first-order chi connectivity index (χ1) is 20.6. The van der Waals surface area contributed by atoms with E-state index in [1.54, 1.807) is 24.3 Å².